The number of amides is 1. The second-order valence-electron chi connectivity index (χ2n) is 9.18. The van der Waals surface area contributed by atoms with Crippen molar-refractivity contribution in [3.63, 3.8) is 0 Å². The lowest BCUT2D eigenvalue weighted by molar-refractivity contribution is -0.142. The van der Waals surface area contributed by atoms with Crippen LogP contribution >= 0.6 is 0 Å². The number of aliphatic hydroxyl groups excluding tert-OH is 1. The van der Waals surface area contributed by atoms with Crippen LogP contribution in [0.15, 0.2) is 78.4 Å². The largest absolute Gasteiger partial charge is 0.507 e. The summed E-state index contributed by atoms with van der Waals surface area (Å²) in [5, 5.41) is 11.4. The minimum Gasteiger partial charge on any atom is -0.507 e. The Balaban J connectivity index is 1.57. The third kappa shape index (κ3) is 4.60. The van der Waals surface area contributed by atoms with E-state index in [1.807, 2.05) is 43.3 Å². The Morgan fingerprint density at radius 2 is 1.78 bits per heavy atom. The van der Waals surface area contributed by atoms with Gasteiger partial charge in [-0.3, -0.25) is 19.3 Å². The van der Waals surface area contributed by atoms with E-state index in [9.17, 15) is 19.5 Å². The Morgan fingerprint density at radius 1 is 1.05 bits per heavy atom. The van der Waals surface area contributed by atoms with E-state index in [2.05, 4.69) is 0 Å². The van der Waals surface area contributed by atoms with E-state index in [0.717, 1.165) is 16.9 Å². The summed E-state index contributed by atoms with van der Waals surface area (Å²) in [4.78, 5) is 40.0. The van der Waals surface area contributed by atoms with Crippen molar-refractivity contribution in [2.75, 3.05) is 11.5 Å². The average molecular weight is 498 g/mol. The predicted molar refractivity (Wildman–Crippen MR) is 138 cm³/mol. The highest BCUT2D eigenvalue weighted by Crippen LogP contribution is 2.43. The van der Waals surface area contributed by atoms with Crippen LogP contribution in [-0.4, -0.2) is 35.5 Å². The number of ether oxygens (including phenoxy) is 2. The molecule has 2 aliphatic heterocycles. The zero-order valence-electron chi connectivity index (χ0n) is 20.6. The lowest BCUT2D eigenvalue weighted by Gasteiger charge is -2.25. The molecular weight excluding hydrogens is 470 g/mol. The highest BCUT2D eigenvalue weighted by molar-refractivity contribution is 6.51. The molecule has 2 unspecified atom stereocenters. The van der Waals surface area contributed by atoms with Crippen LogP contribution in [0.5, 0.6) is 5.75 Å². The van der Waals surface area contributed by atoms with Gasteiger partial charge in [0.05, 0.1) is 24.6 Å². The molecular formula is C30H27NO6. The highest BCUT2D eigenvalue weighted by Gasteiger charge is 2.47. The molecule has 2 heterocycles. The third-order valence-corrected chi connectivity index (χ3v) is 6.60. The summed E-state index contributed by atoms with van der Waals surface area (Å²) in [6.45, 7) is 4.02. The van der Waals surface area contributed by atoms with Crippen LogP contribution < -0.4 is 9.64 Å². The van der Waals surface area contributed by atoms with E-state index in [1.165, 1.54) is 4.90 Å². The van der Waals surface area contributed by atoms with Crippen LogP contribution in [-0.2, 0) is 32.0 Å². The zero-order chi connectivity index (χ0) is 26.1. The van der Waals surface area contributed by atoms with Gasteiger partial charge in [0, 0.05) is 17.7 Å². The van der Waals surface area contributed by atoms with Crippen molar-refractivity contribution in [1.82, 2.24) is 0 Å². The molecule has 7 nitrogen and oxygen atoms in total. The van der Waals surface area contributed by atoms with Crippen LogP contribution in [0.2, 0.25) is 0 Å². The van der Waals surface area contributed by atoms with Gasteiger partial charge in [-0.2, -0.15) is 0 Å². The zero-order valence-corrected chi connectivity index (χ0v) is 20.6. The van der Waals surface area contributed by atoms with E-state index in [1.54, 1.807) is 43.3 Å². The first-order valence-corrected chi connectivity index (χ1v) is 12.3. The van der Waals surface area contributed by atoms with Crippen LogP contribution in [0.4, 0.5) is 5.69 Å². The molecule has 0 bridgehead atoms. The van der Waals surface area contributed by atoms with E-state index >= 15 is 0 Å². The van der Waals surface area contributed by atoms with Gasteiger partial charge in [0.15, 0.2) is 0 Å². The van der Waals surface area contributed by atoms with Crippen molar-refractivity contribution in [1.29, 1.82) is 0 Å². The van der Waals surface area contributed by atoms with Gasteiger partial charge in [-0.05, 0) is 60.9 Å². The second kappa shape index (κ2) is 9.93. The smallest absolute Gasteiger partial charge is 0.310 e. The fourth-order valence-electron chi connectivity index (χ4n) is 4.93. The molecule has 1 N–H and O–H groups in total. The Morgan fingerprint density at radius 3 is 2.49 bits per heavy atom. The summed E-state index contributed by atoms with van der Waals surface area (Å²) in [6.07, 6.45) is 0.843. The number of rotatable bonds is 6. The maximum atomic E-state index is 13.4. The molecule has 1 saturated heterocycles. The number of anilines is 1. The fourth-order valence-corrected chi connectivity index (χ4v) is 4.93. The van der Waals surface area contributed by atoms with Crippen molar-refractivity contribution in [2.45, 2.75) is 38.8 Å². The number of nitrogens with zero attached hydrogens (tertiary/aromatic N) is 1. The number of hydrogen-bond donors (Lipinski definition) is 1. The molecule has 3 aromatic carbocycles. The van der Waals surface area contributed by atoms with E-state index in [4.69, 9.17) is 9.47 Å². The number of benzene rings is 3. The standard InChI is InChI=1S/C30H27NO6/c1-3-36-25(32)16-19-9-12-23(13-10-19)31-27(20-7-5-4-6-8-20)26(29(34)30(31)35)28(33)21-11-14-24-22(17-21)15-18(2)37-24/h4-14,17-18,27,33H,3,15-16H2,1-2H3/b28-26-. The van der Waals surface area contributed by atoms with Crippen LogP contribution in [0, 0.1) is 0 Å². The Kier molecular flexibility index (Phi) is 6.53. The van der Waals surface area contributed by atoms with Gasteiger partial charge in [0.1, 0.15) is 17.6 Å². The van der Waals surface area contributed by atoms with Crippen molar-refractivity contribution >= 4 is 29.1 Å². The summed E-state index contributed by atoms with van der Waals surface area (Å²) < 4.78 is 10.8. The normalized spacial score (nSPS) is 20.0. The lowest BCUT2D eigenvalue weighted by Crippen LogP contribution is -2.29. The molecule has 5 rings (SSSR count). The molecule has 1 amide bonds. The molecule has 0 saturated carbocycles. The molecule has 0 aliphatic carbocycles. The molecule has 7 heteroatoms. The molecule has 1 fully saturated rings. The molecule has 0 aromatic heterocycles. The predicted octanol–water partition coefficient (Wildman–Crippen LogP) is 4.74. The molecule has 3 aromatic rings. The highest BCUT2D eigenvalue weighted by atomic mass is 16.5. The van der Waals surface area contributed by atoms with E-state index in [-0.39, 0.29) is 29.8 Å². The lowest BCUT2D eigenvalue weighted by atomic mass is 9.94. The molecule has 37 heavy (non-hydrogen) atoms. The van der Waals surface area contributed by atoms with Crippen molar-refractivity contribution in [3.05, 3.63) is 101 Å². The monoisotopic (exact) mass is 497 g/mol. The van der Waals surface area contributed by atoms with Gasteiger partial charge in [-0.15, -0.1) is 0 Å². The Hall–Kier alpha value is -4.39. The van der Waals surface area contributed by atoms with Gasteiger partial charge in [0.2, 0.25) is 0 Å². The quantitative estimate of drug-likeness (QED) is 0.229. The van der Waals surface area contributed by atoms with Gasteiger partial charge >= 0.3 is 5.97 Å². The third-order valence-electron chi connectivity index (χ3n) is 6.60. The Bertz CT molecular complexity index is 1390. The summed E-state index contributed by atoms with van der Waals surface area (Å²) in [7, 11) is 0. The average Bonchev–Trinajstić information content (AvgIpc) is 3.40. The van der Waals surface area contributed by atoms with Crippen LogP contribution in [0.3, 0.4) is 0 Å². The molecule has 2 aliphatic rings. The maximum absolute atomic E-state index is 13.4. The minimum absolute atomic E-state index is 0.0266. The van der Waals surface area contributed by atoms with Crippen molar-refractivity contribution < 1.29 is 29.0 Å². The van der Waals surface area contributed by atoms with Crippen molar-refractivity contribution in [3.8, 4) is 5.75 Å². The number of ketones is 1. The van der Waals surface area contributed by atoms with Gasteiger partial charge < -0.3 is 14.6 Å². The van der Waals surface area contributed by atoms with Gasteiger partial charge in [-0.25, -0.2) is 0 Å². The maximum Gasteiger partial charge on any atom is 0.310 e. The number of hydrogen-bond acceptors (Lipinski definition) is 6. The summed E-state index contributed by atoms with van der Waals surface area (Å²) in [6, 6.07) is 20.5. The van der Waals surface area contributed by atoms with Crippen molar-refractivity contribution in [2.24, 2.45) is 0 Å². The number of fused-ring (bicyclic) bond motifs is 1. The van der Waals surface area contributed by atoms with Gasteiger partial charge in [0.25, 0.3) is 11.7 Å². The van der Waals surface area contributed by atoms with Crippen LogP contribution in [0.25, 0.3) is 5.76 Å². The Labute approximate surface area is 214 Å². The van der Waals surface area contributed by atoms with E-state index in [0.29, 0.717) is 29.8 Å². The number of esters is 1. The number of aliphatic hydroxyl groups is 1. The summed E-state index contributed by atoms with van der Waals surface area (Å²) in [5.74, 6) is -1.30. The minimum atomic E-state index is -0.819. The summed E-state index contributed by atoms with van der Waals surface area (Å²) >= 11 is 0. The summed E-state index contributed by atoms with van der Waals surface area (Å²) in [5.41, 5.74) is 3.33. The fraction of sp³-hybridized carbons (Fsp3) is 0.233. The number of carbonyl (C=O) groups excluding carboxylic acids is 3. The SMILES string of the molecule is CCOC(=O)Cc1ccc(N2C(=O)C(=O)/C(=C(\O)c3ccc4c(c3)CC(C)O4)C2c2ccccc2)cc1. The molecule has 0 radical (unpaired) electrons. The first-order valence-electron chi connectivity index (χ1n) is 12.3. The molecule has 2 atom stereocenters. The van der Waals surface area contributed by atoms with Crippen LogP contribution in [0.1, 0.15) is 42.1 Å². The number of carbonyl (C=O) groups is 3. The van der Waals surface area contributed by atoms with Gasteiger partial charge in [-0.1, -0.05) is 42.5 Å². The second-order valence-corrected chi connectivity index (χ2v) is 9.18. The molecule has 188 valence electrons. The topological polar surface area (TPSA) is 93.1 Å². The molecule has 0 spiro atoms. The number of Topliss-reactive ketones (excluding diaryl/α,β-unsaturated/α-hetero) is 1. The first-order chi connectivity index (χ1) is 17.9. The first kappa shape index (κ1) is 24.3. The van der Waals surface area contributed by atoms with E-state index < -0.39 is 17.7 Å².